The van der Waals surface area contributed by atoms with Gasteiger partial charge in [-0.05, 0) is 44.7 Å². The van der Waals surface area contributed by atoms with Gasteiger partial charge in [0.15, 0.2) is 0 Å². The first-order valence-corrected chi connectivity index (χ1v) is 10.2. The number of carbonyl (C=O) groups is 1. The number of aliphatic carboxylic acids is 1. The van der Waals surface area contributed by atoms with Gasteiger partial charge in [-0.25, -0.2) is 0 Å². The van der Waals surface area contributed by atoms with E-state index in [4.69, 9.17) is 4.74 Å². The normalized spacial score (nSPS) is 25.5. The van der Waals surface area contributed by atoms with Crippen LogP contribution in [0.15, 0.2) is 0 Å². The lowest BCUT2D eigenvalue weighted by molar-refractivity contribution is -0.161. The fraction of sp³-hybridized carbons (Fsp3) is 0.950. The Morgan fingerprint density at radius 1 is 0.917 bits per heavy atom. The minimum Gasteiger partial charge on any atom is -0.480 e. The SMILES string of the molecule is COC[C@@](C(=O)O)(C1CCCCCCCCCCC1)N1CCCC1. The van der Waals surface area contributed by atoms with Crippen molar-refractivity contribution in [1.82, 2.24) is 4.90 Å². The second-order valence-corrected chi connectivity index (χ2v) is 7.81. The molecule has 1 atom stereocenters. The van der Waals surface area contributed by atoms with Crippen molar-refractivity contribution < 1.29 is 14.6 Å². The molecule has 0 aromatic rings. The predicted molar refractivity (Wildman–Crippen MR) is 97.3 cm³/mol. The van der Waals surface area contributed by atoms with Crippen LogP contribution in [0.2, 0.25) is 0 Å². The first kappa shape index (κ1) is 19.7. The topological polar surface area (TPSA) is 49.8 Å². The van der Waals surface area contributed by atoms with E-state index in [1.54, 1.807) is 7.11 Å². The van der Waals surface area contributed by atoms with E-state index in [-0.39, 0.29) is 5.92 Å². The van der Waals surface area contributed by atoms with Crippen molar-refractivity contribution in [1.29, 1.82) is 0 Å². The smallest absolute Gasteiger partial charge is 0.326 e. The Morgan fingerprint density at radius 3 is 1.79 bits per heavy atom. The van der Waals surface area contributed by atoms with Crippen LogP contribution >= 0.6 is 0 Å². The van der Waals surface area contributed by atoms with Gasteiger partial charge < -0.3 is 9.84 Å². The van der Waals surface area contributed by atoms with Gasteiger partial charge in [0, 0.05) is 7.11 Å². The highest BCUT2D eigenvalue weighted by Gasteiger charge is 2.50. The van der Waals surface area contributed by atoms with Crippen molar-refractivity contribution in [2.75, 3.05) is 26.8 Å². The van der Waals surface area contributed by atoms with Crippen LogP contribution in [0.3, 0.4) is 0 Å². The van der Waals surface area contributed by atoms with Crippen molar-refractivity contribution >= 4 is 5.97 Å². The quantitative estimate of drug-likeness (QED) is 0.803. The van der Waals surface area contributed by atoms with Gasteiger partial charge in [-0.1, -0.05) is 57.8 Å². The first-order chi connectivity index (χ1) is 11.7. The Balaban J connectivity index is 2.16. The molecule has 0 aromatic carbocycles. The lowest BCUT2D eigenvalue weighted by Crippen LogP contribution is -2.61. The van der Waals surface area contributed by atoms with Crippen LogP contribution in [0.4, 0.5) is 0 Å². The monoisotopic (exact) mass is 339 g/mol. The van der Waals surface area contributed by atoms with Crippen molar-refractivity contribution in [2.24, 2.45) is 5.92 Å². The molecule has 1 saturated heterocycles. The summed E-state index contributed by atoms with van der Waals surface area (Å²) in [5.74, 6) is -0.448. The Bertz CT molecular complexity index is 356. The summed E-state index contributed by atoms with van der Waals surface area (Å²) >= 11 is 0. The van der Waals surface area contributed by atoms with E-state index in [1.807, 2.05) is 0 Å². The van der Waals surface area contributed by atoms with E-state index in [0.29, 0.717) is 6.61 Å². The van der Waals surface area contributed by atoms with Crippen LogP contribution in [-0.2, 0) is 9.53 Å². The highest BCUT2D eigenvalue weighted by molar-refractivity contribution is 5.79. The number of carboxylic acid groups (broad SMARTS) is 1. The third-order valence-electron chi connectivity index (χ3n) is 6.19. The molecule has 0 unspecified atom stereocenters. The fourth-order valence-electron chi connectivity index (χ4n) is 4.82. The van der Waals surface area contributed by atoms with Gasteiger partial charge in [-0.3, -0.25) is 9.69 Å². The van der Waals surface area contributed by atoms with Crippen LogP contribution in [0, 0.1) is 5.92 Å². The third-order valence-corrected chi connectivity index (χ3v) is 6.19. The molecule has 0 amide bonds. The maximum absolute atomic E-state index is 12.5. The number of hydrogen-bond acceptors (Lipinski definition) is 3. The summed E-state index contributed by atoms with van der Waals surface area (Å²) in [6, 6.07) is 0. The molecule has 2 rings (SSSR count). The minimum atomic E-state index is -0.810. The zero-order chi connectivity index (χ0) is 17.3. The largest absolute Gasteiger partial charge is 0.480 e. The molecule has 1 aliphatic carbocycles. The molecule has 0 aromatic heterocycles. The molecule has 0 spiro atoms. The predicted octanol–water partition coefficient (Wildman–Crippen LogP) is 4.47. The summed E-state index contributed by atoms with van der Waals surface area (Å²) in [5.41, 5.74) is -0.810. The van der Waals surface area contributed by atoms with Crippen molar-refractivity contribution in [2.45, 2.75) is 89.0 Å². The van der Waals surface area contributed by atoms with Crippen LogP contribution in [0.1, 0.15) is 83.5 Å². The summed E-state index contributed by atoms with van der Waals surface area (Å²) in [4.78, 5) is 14.7. The number of methoxy groups -OCH3 is 1. The molecule has 0 bridgehead atoms. The summed E-state index contributed by atoms with van der Waals surface area (Å²) in [6.07, 6.45) is 15.8. The molecule has 2 fully saturated rings. The molecule has 4 nitrogen and oxygen atoms in total. The zero-order valence-corrected chi connectivity index (χ0v) is 15.6. The lowest BCUT2D eigenvalue weighted by Gasteiger charge is -2.44. The van der Waals surface area contributed by atoms with Gasteiger partial charge in [0.1, 0.15) is 5.54 Å². The van der Waals surface area contributed by atoms with Crippen LogP contribution in [0.5, 0.6) is 0 Å². The van der Waals surface area contributed by atoms with E-state index in [9.17, 15) is 9.90 Å². The van der Waals surface area contributed by atoms with Gasteiger partial charge in [-0.2, -0.15) is 0 Å². The Kier molecular flexibility index (Phi) is 8.54. The molecule has 2 aliphatic rings. The number of nitrogens with zero attached hydrogens (tertiary/aromatic N) is 1. The number of ether oxygens (including phenoxy) is 1. The molecular formula is C20H37NO3. The second-order valence-electron chi connectivity index (χ2n) is 7.81. The Hall–Kier alpha value is -0.610. The summed E-state index contributed by atoms with van der Waals surface area (Å²) in [5, 5.41) is 10.2. The van der Waals surface area contributed by atoms with Crippen LogP contribution < -0.4 is 0 Å². The van der Waals surface area contributed by atoms with E-state index in [0.717, 1.165) is 51.6 Å². The molecular weight excluding hydrogens is 302 g/mol. The number of carboxylic acids is 1. The van der Waals surface area contributed by atoms with Gasteiger partial charge in [0.2, 0.25) is 0 Å². The van der Waals surface area contributed by atoms with Crippen LogP contribution in [0.25, 0.3) is 0 Å². The highest BCUT2D eigenvalue weighted by atomic mass is 16.5. The minimum absolute atomic E-state index is 0.215. The van der Waals surface area contributed by atoms with Gasteiger partial charge in [0.25, 0.3) is 0 Å². The van der Waals surface area contributed by atoms with Gasteiger partial charge in [-0.15, -0.1) is 0 Å². The van der Waals surface area contributed by atoms with Crippen molar-refractivity contribution in [3.8, 4) is 0 Å². The summed E-state index contributed by atoms with van der Waals surface area (Å²) < 4.78 is 5.48. The van der Waals surface area contributed by atoms with Gasteiger partial charge >= 0.3 is 5.97 Å². The maximum Gasteiger partial charge on any atom is 0.326 e. The number of likely N-dealkylation sites (tertiary alicyclic amines) is 1. The average Bonchev–Trinajstić information content (AvgIpc) is 3.08. The molecule has 1 saturated carbocycles. The number of hydrogen-bond donors (Lipinski definition) is 1. The molecule has 1 aliphatic heterocycles. The molecule has 1 heterocycles. The third kappa shape index (κ3) is 4.95. The zero-order valence-electron chi connectivity index (χ0n) is 15.6. The summed E-state index contributed by atoms with van der Waals surface area (Å²) in [6.45, 7) is 2.14. The van der Waals surface area contributed by atoms with E-state index < -0.39 is 11.5 Å². The summed E-state index contributed by atoms with van der Waals surface area (Å²) in [7, 11) is 1.66. The lowest BCUT2D eigenvalue weighted by atomic mass is 9.76. The van der Waals surface area contributed by atoms with Gasteiger partial charge in [0.05, 0.1) is 6.61 Å². The molecule has 4 heteroatoms. The van der Waals surface area contributed by atoms with Crippen LogP contribution in [-0.4, -0.2) is 48.3 Å². The van der Waals surface area contributed by atoms with E-state index >= 15 is 0 Å². The molecule has 24 heavy (non-hydrogen) atoms. The first-order valence-electron chi connectivity index (χ1n) is 10.2. The van der Waals surface area contributed by atoms with Crippen molar-refractivity contribution in [3.63, 3.8) is 0 Å². The molecule has 0 radical (unpaired) electrons. The standard InChI is InChI=1S/C20H37NO3/c1-24-17-20(19(22)23,21-15-11-12-16-21)18-13-9-7-5-3-2-4-6-8-10-14-18/h18H,2-17H2,1H3,(H,22,23)/t20-/m0/s1. The average molecular weight is 340 g/mol. The molecule has 140 valence electrons. The Morgan fingerprint density at radius 2 is 1.38 bits per heavy atom. The number of rotatable bonds is 5. The molecule has 1 N–H and O–H groups in total. The maximum atomic E-state index is 12.5. The van der Waals surface area contributed by atoms with Crippen molar-refractivity contribution in [3.05, 3.63) is 0 Å². The highest BCUT2D eigenvalue weighted by Crippen LogP contribution is 2.37. The second kappa shape index (κ2) is 10.4. The fourth-order valence-corrected chi connectivity index (χ4v) is 4.82. The van der Waals surface area contributed by atoms with E-state index in [1.165, 1.54) is 44.9 Å². The Labute approximate surface area is 147 Å². The van der Waals surface area contributed by atoms with E-state index in [2.05, 4.69) is 4.90 Å².